The number of hydrogen-bond donors (Lipinski definition) is 2. The van der Waals surface area contributed by atoms with Crippen molar-refractivity contribution < 1.29 is 18.7 Å². The Bertz CT molecular complexity index is 890. The number of pyridine rings is 1. The summed E-state index contributed by atoms with van der Waals surface area (Å²) < 4.78 is 28.9. The molecular formula is C16H14F2N4O2. The second-order valence-corrected chi connectivity index (χ2v) is 5.28. The van der Waals surface area contributed by atoms with E-state index in [0.717, 1.165) is 12.1 Å². The van der Waals surface area contributed by atoms with Gasteiger partial charge in [-0.15, -0.1) is 0 Å². The number of aliphatic hydroxyl groups is 1. The molecule has 1 aromatic carbocycles. The number of hydrogen-bond acceptors (Lipinski definition) is 4. The van der Waals surface area contributed by atoms with Gasteiger partial charge in [0, 0.05) is 19.8 Å². The van der Waals surface area contributed by atoms with Crippen LogP contribution < -0.4 is 5.32 Å². The quantitative estimate of drug-likeness (QED) is 0.762. The van der Waals surface area contributed by atoms with Crippen LogP contribution in [-0.4, -0.2) is 32.1 Å². The number of rotatable bonds is 4. The van der Waals surface area contributed by atoms with E-state index in [2.05, 4.69) is 15.3 Å². The van der Waals surface area contributed by atoms with Gasteiger partial charge in [0.25, 0.3) is 5.91 Å². The van der Waals surface area contributed by atoms with E-state index in [4.69, 9.17) is 0 Å². The summed E-state index contributed by atoms with van der Waals surface area (Å²) in [5, 5.41) is 12.4. The molecule has 6 nitrogen and oxygen atoms in total. The fourth-order valence-electron chi connectivity index (χ4n) is 2.36. The van der Waals surface area contributed by atoms with Gasteiger partial charge in [0.15, 0.2) is 5.65 Å². The molecule has 2 N–H and O–H groups in total. The van der Waals surface area contributed by atoms with Gasteiger partial charge in [-0.05, 0) is 18.2 Å². The molecule has 0 aliphatic carbocycles. The maximum atomic E-state index is 13.6. The van der Waals surface area contributed by atoms with Crippen molar-refractivity contribution >= 4 is 17.1 Å². The van der Waals surface area contributed by atoms with E-state index in [0.29, 0.717) is 11.2 Å². The largest absolute Gasteiger partial charge is 0.386 e. The van der Waals surface area contributed by atoms with Crippen molar-refractivity contribution in [3.63, 3.8) is 0 Å². The summed E-state index contributed by atoms with van der Waals surface area (Å²) in [5.74, 6) is -2.26. The van der Waals surface area contributed by atoms with Crippen LogP contribution in [0.3, 0.4) is 0 Å². The molecule has 0 spiro atoms. The Morgan fingerprint density at radius 2 is 2.04 bits per heavy atom. The summed E-state index contributed by atoms with van der Waals surface area (Å²) in [7, 11) is 1.78. The molecule has 0 saturated carbocycles. The van der Waals surface area contributed by atoms with Crippen molar-refractivity contribution in [3.05, 3.63) is 59.6 Å². The normalized spacial score (nSPS) is 12.3. The van der Waals surface area contributed by atoms with Crippen LogP contribution in [0.2, 0.25) is 0 Å². The summed E-state index contributed by atoms with van der Waals surface area (Å²) in [6.45, 7) is -0.336. The molecule has 0 aliphatic rings. The lowest BCUT2D eigenvalue weighted by atomic mass is 10.1. The summed E-state index contributed by atoms with van der Waals surface area (Å²) in [5.41, 5.74) is 0.935. The number of carbonyl (C=O) groups is 1. The summed E-state index contributed by atoms with van der Waals surface area (Å²) in [4.78, 5) is 20.3. The molecule has 1 amide bonds. The second kappa shape index (κ2) is 6.32. The number of carbonyl (C=O) groups excluding carboxylic acids is 1. The van der Waals surface area contributed by atoms with Crippen molar-refractivity contribution in [3.8, 4) is 0 Å². The molecule has 0 fully saturated rings. The van der Waals surface area contributed by atoms with Gasteiger partial charge in [0.2, 0.25) is 0 Å². The lowest BCUT2D eigenvalue weighted by Gasteiger charge is -2.13. The highest BCUT2D eigenvalue weighted by Crippen LogP contribution is 2.20. The van der Waals surface area contributed by atoms with E-state index < -0.39 is 29.2 Å². The smallest absolute Gasteiger partial charge is 0.253 e. The molecule has 0 saturated heterocycles. The molecule has 2 heterocycles. The molecule has 0 bridgehead atoms. The summed E-state index contributed by atoms with van der Waals surface area (Å²) in [6.07, 6.45) is 1.45. The number of benzene rings is 1. The van der Waals surface area contributed by atoms with E-state index in [1.807, 2.05) is 0 Å². The van der Waals surface area contributed by atoms with E-state index >= 15 is 0 Å². The number of aryl methyl sites for hydroxylation is 1. The third kappa shape index (κ3) is 2.95. The van der Waals surface area contributed by atoms with Crippen LogP contribution in [0.25, 0.3) is 11.2 Å². The van der Waals surface area contributed by atoms with Crippen LogP contribution in [0.5, 0.6) is 0 Å². The average molecular weight is 332 g/mol. The topological polar surface area (TPSA) is 80.0 Å². The standard InChI is InChI=1S/C16H14F2N4O2/c1-22-8-21-12-5-9(6-19-15(12)22)16(24)20-7-13(23)14-10(17)3-2-4-11(14)18/h2-6,8,13,23H,7H2,1H3,(H,20,24). The molecule has 0 radical (unpaired) electrons. The molecule has 2 aromatic heterocycles. The van der Waals surface area contributed by atoms with E-state index in [-0.39, 0.29) is 12.1 Å². The predicted octanol–water partition coefficient (Wildman–Crippen LogP) is 1.71. The fraction of sp³-hybridized carbons (Fsp3) is 0.188. The first kappa shape index (κ1) is 16.0. The summed E-state index contributed by atoms with van der Waals surface area (Å²) in [6, 6.07) is 4.84. The monoisotopic (exact) mass is 332 g/mol. The van der Waals surface area contributed by atoms with Crippen LogP contribution in [0.15, 0.2) is 36.8 Å². The molecule has 3 aromatic rings. The molecule has 0 aliphatic heterocycles. The zero-order valence-corrected chi connectivity index (χ0v) is 12.7. The Balaban J connectivity index is 1.72. The van der Waals surface area contributed by atoms with Crippen LogP contribution in [-0.2, 0) is 7.05 Å². The third-order valence-electron chi connectivity index (χ3n) is 3.60. The van der Waals surface area contributed by atoms with Crippen molar-refractivity contribution in [2.75, 3.05) is 6.54 Å². The molecule has 8 heteroatoms. The maximum Gasteiger partial charge on any atom is 0.253 e. The van der Waals surface area contributed by atoms with Gasteiger partial charge in [-0.3, -0.25) is 4.79 Å². The highest BCUT2D eigenvalue weighted by molar-refractivity contribution is 5.96. The van der Waals surface area contributed by atoms with E-state index in [1.165, 1.54) is 12.3 Å². The van der Waals surface area contributed by atoms with Gasteiger partial charge in [-0.2, -0.15) is 0 Å². The number of amides is 1. The van der Waals surface area contributed by atoms with Gasteiger partial charge in [-0.25, -0.2) is 18.7 Å². The third-order valence-corrected chi connectivity index (χ3v) is 3.60. The molecular weight excluding hydrogens is 318 g/mol. The number of nitrogens with zero attached hydrogens (tertiary/aromatic N) is 3. The first-order chi connectivity index (χ1) is 11.5. The molecule has 24 heavy (non-hydrogen) atoms. The minimum atomic E-state index is -1.50. The van der Waals surface area contributed by atoms with E-state index in [1.54, 1.807) is 24.0 Å². The Hall–Kier alpha value is -2.87. The van der Waals surface area contributed by atoms with Gasteiger partial charge in [0.05, 0.1) is 17.5 Å². The lowest BCUT2D eigenvalue weighted by molar-refractivity contribution is 0.0911. The second-order valence-electron chi connectivity index (χ2n) is 5.28. The SMILES string of the molecule is Cn1cnc2cc(C(=O)NCC(O)c3c(F)cccc3F)cnc21. The number of aromatic nitrogens is 3. The van der Waals surface area contributed by atoms with Crippen molar-refractivity contribution in [2.45, 2.75) is 6.10 Å². The Morgan fingerprint density at radius 3 is 2.75 bits per heavy atom. The Labute approximate surface area is 135 Å². The van der Waals surface area contributed by atoms with Crippen LogP contribution in [0.1, 0.15) is 22.0 Å². The zero-order chi connectivity index (χ0) is 17.3. The summed E-state index contributed by atoms with van der Waals surface area (Å²) >= 11 is 0. The van der Waals surface area contributed by atoms with E-state index in [9.17, 15) is 18.7 Å². The van der Waals surface area contributed by atoms with Crippen LogP contribution in [0, 0.1) is 11.6 Å². The number of nitrogens with one attached hydrogen (secondary N) is 1. The van der Waals surface area contributed by atoms with Gasteiger partial charge in [0.1, 0.15) is 23.3 Å². The Morgan fingerprint density at radius 1 is 1.33 bits per heavy atom. The maximum absolute atomic E-state index is 13.6. The van der Waals surface area contributed by atoms with Crippen LogP contribution in [0.4, 0.5) is 8.78 Å². The number of halogens is 2. The average Bonchev–Trinajstić information content (AvgIpc) is 2.93. The zero-order valence-electron chi connectivity index (χ0n) is 12.7. The predicted molar refractivity (Wildman–Crippen MR) is 82.2 cm³/mol. The molecule has 3 rings (SSSR count). The highest BCUT2D eigenvalue weighted by atomic mass is 19.1. The first-order valence-corrected chi connectivity index (χ1v) is 7.14. The highest BCUT2D eigenvalue weighted by Gasteiger charge is 2.19. The molecule has 1 unspecified atom stereocenters. The van der Waals surface area contributed by atoms with Crippen LogP contribution >= 0.6 is 0 Å². The fourth-order valence-corrected chi connectivity index (χ4v) is 2.36. The van der Waals surface area contributed by atoms with Gasteiger partial charge < -0.3 is 15.0 Å². The first-order valence-electron chi connectivity index (χ1n) is 7.14. The minimum Gasteiger partial charge on any atom is -0.386 e. The van der Waals surface area contributed by atoms with Crippen molar-refractivity contribution in [1.29, 1.82) is 0 Å². The van der Waals surface area contributed by atoms with Crippen molar-refractivity contribution in [1.82, 2.24) is 19.9 Å². The van der Waals surface area contributed by atoms with Crippen molar-refractivity contribution in [2.24, 2.45) is 7.05 Å². The van der Waals surface area contributed by atoms with Gasteiger partial charge in [-0.1, -0.05) is 6.07 Å². The lowest BCUT2D eigenvalue weighted by Crippen LogP contribution is -2.29. The minimum absolute atomic E-state index is 0.238. The number of aliphatic hydroxyl groups excluding tert-OH is 1. The Kier molecular flexibility index (Phi) is 4.22. The number of imidazole rings is 1. The number of fused-ring (bicyclic) bond motifs is 1. The van der Waals surface area contributed by atoms with Gasteiger partial charge >= 0.3 is 0 Å². The molecule has 1 atom stereocenters. The molecule has 124 valence electrons.